The zero-order valence-electron chi connectivity index (χ0n) is 5.27. The highest BCUT2D eigenvalue weighted by molar-refractivity contribution is 4.89. The van der Waals surface area contributed by atoms with E-state index in [1.807, 2.05) is 0 Å². The molecule has 0 spiro atoms. The lowest BCUT2D eigenvalue weighted by Gasteiger charge is -2.13. The molecule has 1 aliphatic rings. The third-order valence-corrected chi connectivity index (χ3v) is 1.79. The Bertz CT molecular complexity index is 82.0. The van der Waals surface area contributed by atoms with Crippen LogP contribution in [-0.2, 0) is 0 Å². The Labute approximate surface area is 51.6 Å². The summed E-state index contributed by atoms with van der Waals surface area (Å²) in [6, 6.07) is 0. The molecule has 0 aromatic rings. The van der Waals surface area contributed by atoms with Gasteiger partial charge in [0.2, 0.25) is 0 Å². The molecule has 0 aromatic carbocycles. The molecule has 0 N–H and O–H groups in total. The minimum absolute atomic E-state index is 0.889. The SMILES string of the molecule is [CH2]CC1CC=CCC1. The van der Waals surface area contributed by atoms with Gasteiger partial charge in [0, 0.05) is 0 Å². The summed E-state index contributed by atoms with van der Waals surface area (Å²) >= 11 is 0. The van der Waals surface area contributed by atoms with Crippen molar-refractivity contribution >= 4 is 0 Å². The Balaban J connectivity index is 2.27. The highest BCUT2D eigenvalue weighted by Crippen LogP contribution is 2.19. The van der Waals surface area contributed by atoms with Crippen molar-refractivity contribution in [1.29, 1.82) is 0 Å². The van der Waals surface area contributed by atoms with Crippen molar-refractivity contribution in [3.8, 4) is 0 Å². The molecular weight excluding hydrogens is 96.1 g/mol. The minimum Gasteiger partial charge on any atom is -0.0885 e. The second kappa shape index (κ2) is 2.91. The van der Waals surface area contributed by atoms with Gasteiger partial charge in [-0.15, -0.1) is 0 Å². The molecular formula is C8H13. The largest absolute Gasteiger partial charge is 0.0885 e. The minimum atomic E-state index is 0.889. The predicted octanol–water partition coefficient (Wildman–Crippen LogP) is 2.57. The van der Waals surface area contributed by atoms with Crippen LogP contribution in [0.25, 0.3) is 0 Å². The van der Waals surface area contributed by atoms with Crippen molar-refractivity contribution in [2.45, 2.75) is 25.7 Å². The molecule has 45 valence electrons. The molecule has 0 saturated carbocycles. The Morgan fingerprint density at radius 3 is 2.75 bits per heavy atom. The summed E-state index contributed by atoms with van der Waals surface area (Å²) in [5.41, 5.74) is 0. The van der Waals surface area contributed by atoms with Crippen LogP contribution < -0.4 is 0 Å². The summed E-state index contributed by atoms with van der Waals surface area (Å²) in [5, 5.41) is 0. The van der Waals surface area contributed by atoms with Gasteiger partial charge in [0.05, 0.1) is 0 Å². The molecule has 1 rings (SSSR count). The van der Waals surface area contributed by atoms with E-state index in [1.165, 1.54) is 19.3 Å². The van der Waals surface area contributed by atoms with Gasteiger partial charge in [-0.1, -0.05) is 25.5 Å². The zero-order chi connectivity index (χ0) is 5.82. The van der Waals surface area contributed by atoms with Crippen LogP contribution in [-0.4, -0.2) is 0 Å². The molecule has 0 aliphatic heterocycles. The first-order valence-corrected chi connectivity index (χ1v) is 3.37. The summed E-state index contributed by atoms with van der Waals surface area (Å²) in [5.74, 6) is 0.889. The van der Waals surface area contributed by atoms with E-state index < -0.39 is 0 Å². The van der Waals surface area contributed by atoms with E-state index in [-0.39, 0.29) is 0 Å². The summed E-state index contributed by atoms with van der Waals surface area (Å²) < 4.78 is 0. The lowest BCUT2D eigenvalue weighted by molar-refractivity contribution is 0.484. The molecule has 0 saturated heterocycles. The topological polar surface area (TPSA) is 0 Å². The molecule has 1 aliphatic carbocycles. The van der Waals surface area contributed by atoms with Gasteiger partial charge in [-0.25, -0.2) is 0 Å². The van der Waals surface area contributed by atoms with Crippen LogP contribution in [0.5, 0.6) is 0 Å². The first-order chi connectivity index (χ1) is 3.93. The van der Waals surface area contributed by atoms with E-state index in [0.717, 1.165) is 12.3 Å². The third kappa shape index (κ3) is 1.36. The van der Waals surface area contributed by atoms with Crippen molar-refractivity contribution in [3.05, 3.63) is 19.1 Å². The van der Waals surface area contributed by atoms with Crippen LogP contribution in [0.1, 0.15) is 25.7 Å². The highest BCUT2D eigenvalue weighted by atomic mass is 14.1. The molecule has 0 bridgehead atoms. The number of hydrogen-bond donors (Lipinski definition) is 0. The maximum absolute atomic E-state index is 3.88. The second-order valence-electron chi connectivity index (χ2n) is 2.44. The van der Waals surface area contributed by atoms with Crippen molar-refractivity contribution in [2.75, 3.05) is 0 Å². The molecule has 0 heterocycles. The fourth-order valence-corrected chi connectivity index (χ4v) is 1.12. The lowest BCUT2D eigenvalue weighted by atomic mass is 9.92. The second-order valence-corrected chi connectivity index (χ2v) is 2.44. The van der Waals surface area contributed by atoms with Crippen LogP contribution in [0.4, 0.5) is 0 Å². The molecule has 0 heteroatoms. The average Bonchev–Trinajstić information content (AvgIpc) is 1.90. The first-order valence-electron chi connectivity index (χ1n) is 3.37. The molecule has 1 atom stereocenters. The highest BCUT2D eigenvalue weighted by Gasteiger charge is 2.05. The van der Waals surface area contributed by atoms with Crippen LogP contribution in [0.2, 0.25) is 0 Å². The third-order valence-electron chi connectivity index (χ3n) is 1.79. The van der Waals surface area contributed by atoms with Crippen LogP contribution in [0.3, 0.4) is 0 Å². The molecule has 0 fully saturated rings. The Kier molecular flexibility index (Phi) is 2.13. The first kappa shape index (κ1) is 5.87. The van der Waals surface area contributed by atoms with Crippen molar-refractivity contribution in [1.82, 2.24) is 0 Å². The predicted molar refractivity (Wildman–Crippen MR) is 36.5 cm³/mol. The van der Waals surface area contributed by atoms with Crippen molar-refractivity contribution in [2.24, 2.45) is 5.92 Å². The van der Waals surface area contributed by atoms with E-state index >= 15 is 0 Å². The monoisotopic (exact) mass is 109 g/mol. The van der Waals surface area contributed by atoms with Crippen molar-refractivity contribution < 1.29 is 0 Å². The summed E-state index contributed by atoms with van der Waals surface area (Å²) in [6.07, 6.45) is 9.57. The van der Waals surface area contributed by atoms with Gasteiger partial charge < -0.3 is 0 Å². The van der Waals surface area contributed by atoms with E-state index in [2.05, 4.69) is 19.1 Å². The van der Waals surface area contributed by atoms with E-state index in [9.17, 15) is 0 Å². The molecule has 0 nitrogen and oxygen atoms in total. The Hall–Kier alpha value is -0.260. The number of hydrogen-bond acceptors (Lipinski definition) is 0. The van der Waals surface area contributed by atoms with Gasteiger partial charge in [0.15, 0.2) is 0 Å². The maximum Gasteiger partial charge on any atom is -0.0322 e. The number of rotatable bonds is 1. The van der Waals surface area contributed by atoms with Crippen LogP contribution in [0, 0.1) is 12.8 Å². The summed E-state index contributed by atoms with van der Waals surface area (Å²) in [7, 11) is 0. The van der Waals surface area contributed by atoms with Crippen LogP contribution in [0.15, 0.2) is 12.2 Å². The lowest BCUT2D eigenvalue weighted by Crippen LogP contribution is -1.99. The maximum atomic E-state index is 3.88. The molecule has 0 aromatic heterocycles. The molecule has 8 heavy (non-hydrogen) atoms. The van der Waals surface area contributed by atoms with E-state index in [4.69, 9.17) is 0 Å². The van der Waals surface area contributed by atoms with Crippen LogP contribution >= 0.6 is 0 Å². The van der Waals surface area contributed by atoms with Gasteiger partial charge in [0.1, 0.15) is 0 Å². The van der Waals surface area contributed by atoms with E-state index in [0.29, 0.717) is 0 Å². The fraction of sp³-hybridized carbons (Fsp3) is 0.625. The average molecular weight is 109 g/mol. The molecule has 0 amide bonds. The quantitative estimate of drug-likeness (QED) is 0.454. The normalized spacial score (nSPS) is 28.4. The Morgan fingerprint density at radius 2 is 2.38 bits per heavy atom. The Morgan fingerprint density at radius 1 is 1.50 bits per heavy atom. The smallest absolute Gasteiger partial charge is 0.0322 e. The fourth-order valence-electron chi connectivity index (χ4n) is 1.12. The summed E-state index contributed by atoms with van der Waals surface area (Å²) in [6.45, 7) is 3.88. The molecule has 1 radical (unpaired) electrons. The van der Waals surface area contributed by atoms with Crippen molar-refractivity contribution in [3.63, 3.8) is 0 Å². The van der Waals surface area contributed by atoms with Gasteiger partial charge in [0.25, 0.3) is 0 Å². The van der Waals surface area contributed by atoms with Gasteiger partial charge >= 0.3 is 0 Å². The van der Waals surface area contributed by atoms with Gasteiger partial charge in [-0.05, 0) is 25.2 Å². The number of allylic oxidation sites excluding steroid dienone is 2. The summed E-state index contributed by atoms with van der Waals surface area (Å²) in [4.78, 5) is 0. The van der Waals surface area contributed by atoms with Gasteiger partial charge in [-0.3, -0.25) is 0 Å². The van der Waals surface area contributed by atoms with E-state index in [1.54, 1.807) is 0 Å². The zero-order valence-corrected chi connectivity index (χ0v) is 5.27. The standard InChI is InChI=1S/C8H13/c1-2-8-6-4-3-5-7-8/h3-4,8H,1-2,5-7H2. The molecule has 1 unspecified atom stereocenters. The van der Waals surface area contributed by atoms with Gasteiger partial charge in [-0.2, -0.15) is 0 Å².